The number of benzene rings is 1. The molecular weight excluding hydrogens is 860 g/mol. The van der Waals surface area contributed by atoms with Crippen LogP contribution >= 0.6 is 0 Å². The lowest BCUT2D eigenvalue weighted by Gasteiger charge is -2.39. The summed E-state index contributed by atoms with van der Waals surface area (Å²) in [6, 6.07) is 1.86. The largest absolute Gasteiger partial charge is 0.497 e. The van der Waals surface area contributed by atoms with Crippen molar-refractivity contribution in [1.82, 2.24) is 30.2 Å². The molecule has 3 N–H and O–H groups in total. The van der Waals surface area contributed by atoms with Crippen LogP contribution in [0.15, 0.2) is 18.2 Å². The number of nitrogens with zero attached hydrogens (tertiary/aromatic N) is 3. The molecule has 0 spiro atoms. The van der Waals surface area contributed by atoms with Crippen LogP contribution in [0.3, 0.4) is 0 Å². The van der Waals surface area contributed by atoms with Gasteiger partial charge in [0.15, 0.2) is 0 Å². The molecule has 63 heavy (non-hydrogen) atoms. The molecule has 1 saturated heterocycles. The van der Waals surface area contributed by atoms with Crippen molar-refractivity contribution in [2.75, 3.05) is 13.7 Å². The number of rotatable bonds is 8. The molecule has 8 atom stereocenters. The van der Waals surface area contributed by atoms with E-state index in [0.29, 0.717) is 41.7 Å². The van der Waals surface area contributed by atoms with E-state index in [1.807, 2.05) is 4.72 Å². The van der Waals surface area contributed by atoms with Gasteiger partial charge in [-0.25, -0.2) is 32.0 Å². The number of aryl methyl sites for hydroxylation is 1. The van der Waals surface area contributed by atoms with E-state index in [-0.39, 0.29) is 57.4 Å². The number of alkyl carbamates (subject to hydrolysis) is 1. The third-order valence-electron chi connectivity index (χ3n) is 13.4. The number of amides is 4. The molecule has 2 aliphatic heterocycles. The predicted octanol–water partition coefficient (Wildman–Crippen LogP) is 5.73. The van der Waals surface area contributed by atoms with E-state index < -0.39 is 117 Å². The third-order valence-corrected chi connectivity index (χ3v) is 15.2. The minimum atomic E-state index is -4.94. The highest BCUT2D eigenvalue weighted by Crippen LogP contribution is 2.52. The van der Waals surface area contributed by atoms with E-state index in [0.717, 1.165) is 4.90 Å². The monoisotopic (exact) mass is 914 g/mol. The highest BCUT2D eigenvalue weighted by atomic mass is 32.2. The molecule has 1 aromatic heterocycles. The fraction of sp³-hybridized carbons (Fsp3) is 0.714. The molecule has 4 amide bonds. The first-order valence-corrected chi connectivity index (χ1v) is 23.1. The van der Waals surface area contributed by atoms with Gasteiger partial charge >= 0.3 is 12.3 Å². The maximum Gasteiger partial charge on any atom is 0.428 e. The van der Waals surface area contributed by atoms with Crippen molar-refractivity contribution in [3.63, 3.8) is 0 Å². The van der Waals surface area contributed by atoms with Crippen molar-refractivity contribution in [2.45, 2.75) is 152 Å². The molecule has 15 nitrogen and oxygen atoms in total. The Hall–Kier alpha value is -4.56. The first kappa shape index (κ1) is 46.4. The molecule has 0 unspecified atom stereocenters. The van der Waals surface area contributed by atoms with E-state index >= 15 is 13.2 Å². The van der Waals surface area contributed by atoms with Gasteiger partial charge in [-0.2, -0.15) is 13.2 Å². The summed E-state index contributed by atoms with van der Waals surface area (Å²) in [5, 5.41) is 3.92. The van der Waals surface area contributed by atoms with Gasteiger partial charge in [0.25, 0.3) is 5.91 Å². The molecule has 2 bridgehead atoms. The van der Waals surface area contributed by atoms with Crippen molar-refractivity contribution in [3.05, 3.63) is 23.9 Å². The second-order valence-corrected chi connectivity index (χ2v) is 20.6. The molecule has 3 heterocycles. The summed E-state index contributed by atoms with van der Waals surface area (Å²) in [6.45, 7) is 5.99. The topological polar surface area (TPSA) is 195 Å². The van der Waals surface area contributed by atoms with E-state index in [4.69, 9.17) is 24.2 Å². The number of hydrogen-bond donors (Lipinski definition) is 3. The van der Waals surface area contributed by atoms with Gasteiger partial charge in [-0.05, 0) is 81.8 Å². The van der Waals surface area contributed by atoms with Crippen molar-refractivity contribution < 1.29 is 63.8 Å². The highest BCUT2D eigenvalue weighted by Gasteiger charge is 2.68. The van der Waals surface area contributed by atoms with Crippen LogP contribution in [-0.4, -0.2) is 108 Å². The Labute approximate surface area is 362 Å². The second-order valence-electron chi connectivity index (χ2n) is 18.7. The van der Waals surface area contributed by atoms with E-state index in [1.54, 1.807) is 45.9 Å². The van der Waals surface area contributed by atoms with Crippen molar-refractivity contribution >= 4 is 44.9 Å². The maximum atomic E-state index is 15.1. The van der Waals surface area contributed by atoms with Gasteiger partial charge in [-0.3, -0.25) is 19.1 Å². The zero-order valence-corrected chi connectivity index (χ0v) is 36.7. The van der Waals surface area contributed by atoms with E-state index in [1.165, 1.54) is 7.11 Å². The van der Waals surface area contributed by atoms with E-state index in [9.17, 15) is 36.4 Å². The number of aromatic nitrogens is 2. The molecular formula is C42H55F5N6O9S. The molecule has 3 aliphatic carbocycles. The number of carbonyl (C=O) groups is 4. The van der Waals surface area contributed by atoms with E-state index in [2.05, 4.69) is 10.6 Å². The molecule has 3 saturated carbocycles. The Bertz CT molecular complexity index is 2220. The molecule has 0 radical (unpaired) electrons. The second kappa shape index (κ2) is 17.1. The number of halogens is 5. The van der Waals surface area contributed by atoms with Gasteiger partial charge in [-0.1, -0.05) is 40.5 Å². The van der Waals surface area contributed by atoms with Crippen LogP contribution in [0, 0.1) is 23.2 Å². The van der Waals surface area contributed by atoms with Crippen LogP contribution in [0.25, 0.3) is 11.0 Å². The SMILES string of the molecule is CC[C@@H]1[C@@H]2CN(C(=O)[C@H](C(C)(C)C)NC(=O)O[C@@]3(C(F)(F)F)CCC[C@H]3CCCCCc3nc4ccc(OC)cc4nc3O2)[C@@H]1C(=O)N[C@]1(C(=O)NS(=O)(=O)C2CC2)C[C@H]1C(F)F. The number of ether oxygens (including phenoxy) is 3. The van der Waals surface area contributed by atoms with Gasteiger partial charge < -0.3 is 29.7 Å². The van der Waals surface area contributed by atoms with Crippen LogP contribution in [0.1, 0.15) is 104 Å². The van der Waals surface area contributed by atoms with Gasteiger partial charge in [0, 0.05) is 17.9 Å². The number of alkyl halides is 5. The van der Waals surface area contributed by atoms with Crippen molar-refractivity contribution in [3.8, 4) is 11.6 Å². The fourth-order valence-corrected chi connectivity index (χ4v) is 11.0. The van der Waals surface area contributed by atoms with Gasteiger partial charge in [-0.15, -0.1) is 0 Å². The number of fused-ring (bicyclic) bond motifs is 5. The Kier molecular flexibility index (Phi) is 12.6. The fourth-order valence-electron chi connectivity index (χ4n) is 9.64. The Morgan fingerprint density at radius 1 is 1.03 bits per heavy atom. The summed E-state index contributed by atoms with van der Waals surface area (Å²) >= 11 is 0. The highest BCUT2D eigenvalue weighted by molar-refractivity contribution is 7.91. The van der Waals surface area contributed by atoms with Crippen LogP contribution in [0.2, 0.25) is 0 Å². The normalized spacial score (nSPS) is 30.9. The summed E-state index contributed by atoms with van der Waals surface area (Å²) in [5.41, 5.74) is -5.08. The minimum Gasteiger partial charge on any atom is -0.497 e. The molecule has 2 aromatic rings. The van der Waals surface area contributed by atoms with Crippen LogP contribution < -0.4 is 24.8 Å². The predicted molar refractivity (Wildman–Crippen MR) is 216 cm³/mol. The summed E-state index contributed by atoms with van der Waals surface area (Å²) in [4.78, 5) is 67.8. The van der Waals surface area contributed by atoms with Crippen LogP contribution in [0.4, 0.5) is 26.7 Å². The molecule has 4 fully saturated rings. The molecule has 7 rings (SSSR count). The minimum absolute atomic E-state index is 0.0656. The van der Waals surface area contributed by atoms with Gasteiger partial charge in [0.1, 0.15) is 35.2 Å². The molecule has 21 heteroatoms. The Morgan fingerprint density at radius 2 is 1.75 bits per heavy atom. The molecule has 5 aliphatic rings. The lowest BCUT2D eigenvalue weighted by Crippen LogP contribution is -2.62. The quantitative estimate of drug-likeness (QED) is 0.274. The zero-order chi connectivity index (χ0) is 45.9. The molecule has 348 valence electrons. The Morgan fingerprint density at radius 3 is 2.37 bits per heavy atom. The Balaban J connectivity index is 1.31. The summed E-state index contributed by atoms with van der Waals surface area (Å²) in [7, 11) is -2.75. The van der Waals surface area contributed by atoms with Crippen molar-refractivity contribution in [2.24, 2.45) is 23.2 Å². The average molecular weight is 915 g/mol. The maximum absolute atomic E-state index is 15.1. The van der Waals surface area contributed by atoms with Gasteiger partial charge in [0.05, 0.1) is 35.9 Å². The smallest absolute Gasteiger partial charge is 0.428 e. The lowest BCUT2D eigenvalue weighted by molar-refractivity contribution is -0.271. The number of nitrogens with one attached hydrogen (secondary N) is 3. The third kappa shape index (κ3) is 9.08. The van der Waals surface area contributed by atoms with Crippen LogP contribution in [-0.2, 0) is 35.6 Å². The van der Waals surface area contributed by atoms with Crippen LogP contribution in [0.5, 0.6) is 11.6 Å². The standard InChI is InChI=1S/C42H55F5N6O9S/c1-6-25-30-21-53(31(25)34(54)51-40(20-26(40)33(43)44)37(56)52-63(58,59)24-15-16-24)36(55)32(39(2,3)4)50-38(57)62-41(42(45,46)47)18-10-12-22(41)11-8-7-9-13-28-35(61-30)49-29-19-23(60-5)14-17-27(29)48-28/h14,17,19,22,24-26,30-33H,6-13,15-16,18,20-21H2,1-5H3,(H,50,57)(H,51,54)(H,52,56)/t22-,25-,26+,30+,31+,32-,40-,41+/m1/s1. The van der Waals surface area contributed by atoms with Gasteiger partial charge in [0.2, 0.25) is 39.7 Å². The number of sulfonamides is 1. The summed E-state index contributed by atoms with van der Waals surface area (Å²) in [6.07, 6.45) is -8.95. The zero-order valence-electron chi connectivity index (χ0n) is 35.9. The van der Waals surface area contributed by atoms with Crippen molar-refractivity contribution in [1.29, 1.82) is 0 Å². The first-order valence-electron chi connectivity index (χ1n) is 21.6. The number of methoxy groups -OCH3 is 1. The number of carbonyl (C=O) groups excluding carboxylic acids is 4. The summed E-state index contributed by atoms with van der Waals surface area (Å²) in [5.74, 6) is -6.56. The average Bonchev–Trinajstić information content (AvgIpc) is 4.11. The number of hydrogen-bond acceptors (Lipinski definition) is 11. The lowest BCUT2D eigenvalue weighted by atomic mass is 9.85. The molecule has 1 aromatic carbocycles. The summed E-state index contributed by atoms with van der Waals surface area (Å²) < 4.78 is 119. The first-order chi connectivity index (χ1) is 29.5.